The van der Waals surface area contributed by atoms with Crippen LogP contribution in [0, 0.1) is 0 Å². The first-order valence-electron chi connectivity index (χ1n) is 6.69. The molecule has 0 fully saturated rings. The Kier molecular flexibility index (Phi) is 6.03. The number of hydrogen-bond acceptors (Lipinski definition) is 6. The highest BCUT2D eigenvalue weighted by Gasteiger charge is 2.21. The summed E-state index contributed by atoms with van der Waals surface area (Å²) in [7, 11) is 0. The van der Waals surface area contributed by atoms with Crippen molar-refractivity contribution in [2.24, 2.45) is 4.99 Å². The first-order valence-corrected chi connectivity index (χ1v) is 8.49. The average molecular weight is 333 g/mol. The first-order chi connectivity index (χ1) is 10.6. The monoisotopic (exact) mass is 333 g/mol. The van der Waals surface area contributed by atoms with Crippen LogP contribution in [0.25, 0.3) is 6.08 Å². The van der Waals surface area contributed by atoms with Gasteiger partial charge in [0, 0.05) is 12.2 Å². The van der Waals surface area contributed by atoms with Crippen LogP contribution in [0.2, 0.25) is 0 Å². The fraction of sp³-hybridized carbons (Fsp3) is 0.188. The number of aliphatic imine (C=N–C) groups is 1. The van der Waals surface area contributed by atoms with Crippen molar-refractivity contribution in [1.82, 2.24) is 0 Å². The Morgan fingerprint density at radius 3 is 2.77 bits per heavy atom. The summed E-state index contributed by atoms with van der Waals surface area (Å²) in [6.07, 6.45) is 3.83. The normalized spacial score (nSPS) is 15.8. The molecule has 0 aliphatic carbocycles. The molecule has 1 aliphatic rings. The van der Waals surface area contributed by atoms with Crippen LogP contribution < -0.4 is 4.74 Å². The zero-order valence-corrected chi connectivity index (χ0v) is 13.7. The van der Waals surface area contributed by atoms with Crippen LogP contribution in [0.1, 0.15) is 18.9 Å². The molecule has 114 valence electrons. The Hall–Kier alpha value is -1.79. The van der Waals surface area contributed by atoms with Crippen molar-refractivity contribution in [2.45, 2.75) is 13.3 Å². The molecule has 0 unspecified atom stereocenters. The van der Waals surface area contributed by atoms with Crippen molar-refractivity contribution in [3.8, 4) is 5.75 Å². The fourth-order valence-corrected chi connectivity index (χ4v) is 3.18. The van der Waals surface area contributed by atoms with Crippen LogP contribution in [0.3, 0.4) is 0 Å². The summed E-state index contributed by atoms with van der Waals surface area (Å²) in [6.45, 7) is 5.38. The minimum absolute atomic E-state index is 0.0620. The third-order valence-corrected chi connectivity index (χ3v) is 4.63. The summed E-state index contributed by atoms with van der Waals surface area (Å²) in [4.78, 5) is 27.4. The van der Waals surface area contributed by atoms with Gasteiger partial charge in [-0.2, -0.15) is 0 Å². The Balaban J connectivity index is 2.08. The number of hydrogen-bond donors (Lipinski definition) is 0. The first kappa shape index (κ1) is 16.6. The smallest absolute Gasteiger partial charge is 0.310 e. The van der Waals surface area contributed by atoms with Crippen molar-refractivity contribution in [1.29, 1.82) is 0 Å². The van der Waals surface area contributed by atoms with Gasteiger partial charge >= 0.3 is 5.97 Å². The number of carbonyl (C=O) groups is 2. The van der Waals surface area contributed by atoms with Gasteiger partial charge in [-0.25, -0.2) is 4.99 Å². The standard InChI is InChI=1S/C16H15NO3S2/c1-3-9-21-16-17-13(15(19)22-16)10-11-5-7-12(8-6-11)20-14(18)4-2/h3,5-8,10H,1,4,9H2,2H3/b13-10-. The van der Waals surface area contributed by atoms with Crippen molar-refractivity contribution in [3.05, 3.63) is 48.2 Å². The molecule has 2 rings (SSSR count). The number of carbonyl (C=O) groups excluding carboxylic acids is 2. The Morgan fingerprint density at radius 2 is 2.14 bits per heavy atom. The molecule has 4 nitrogen and oxygen atoms in total. The van der Waals surface area contributed by atoms with E-state index < -0.39 is 0 Å². The van der Waals surface area contributed by atoms with Crippen molar-refractivity contribution in [2.75, 3.05) is 5.75 Å². The lowest BCUT2D eigenvalue weighted by Gasteiger charge is -2.02. The predicted octanol–water partition coefficient (Wildman–Crippen LogP) is 3.89. The second-order valence-electron chi connectivity index (χ2n) is 4.29. The fourth-order valence-electron chi connectivity index (χ4n) is 1.58. The van der Waals surface area contributed by atoms with Crippen LogP contribution in [-0.2, 0) is 9.59 Å². The number of rotatable bonds is 5. The molecule has 1 heterocycles. The van der Waals surface area contributed by atoms with E-state index in [0.717, 1.165) is 27.5 Å². The van der Waals surface area contributed by atoms with E-state index in [1.54, 1.807) is 43.3 Å². The largest absolute Gasteiger partial charge is 0.427 e. The van der Waals surface area contributed by atoms with Crippen LogP contribution in [0.4, 0.5) is 0 Å². The van der Waals surface area contributed by atoms with E-state index in [4.69, 9.17) is 4.74 Å². The van der Waals surface area contributed by atoms with Gasteiger partial charge in [-0.3, -0.25) is 9.59 Å². The lowest BCUT2D eigenvalue weighted by molar-refractivity contribution is -0.134. The van der Waals surface area contributed by atoms with Crippen LogP contribution >= 0.6 is 23.5 Å². The van der Waals surface area contributed by atoms with Gasteiger partial charge in [0.15, 0.2) is 0 Å². The maximum Gasteiger partial charge on any atom is 0.310 e. The van der Waals surface area contributed by atoms with E-state index in [1.807, 2.05) is 0 Å². The lowest BCUT2D eigenvalue weighted by Crippen LogP contribution is -2.05. The molecule has 0 N–H and O–H groups in total. The van der Waals surface area contributed by atoms with Crippen molar-refractivity contribution in [3.63, 3.8) is 0 Å². The molecule has 22 heavy (non-hydrogen) atoms. The zero-order valence-electron chi connectivity index (χ0n) is 12.1. The molecule has 1 aromatic carbocycles. The van der Waals surface area contributed by atoms with Gasteiger partial charge in [0.2, 0.25) is 5.12 Å². The molecule has 0 aromatic heterocycles. The van der Waals surface area contributed by atoms with Gasteiger partial charge < -0.3 is 4.74 Å². The van der Waals surface area contributed by atoms with Gasteiger partial charge in [0.1, 0.15) is 15.8 Å². The van der Waals surface area contributed by atoms with Crippen molar-refractivity contribution < 1.29 is 14.3 Å². The minimum atomic E-state index is -0.276. The quantitative estimate of drug-likeness (QED) is 0.354. The van der Waals surface area contributed by atoms with Crippen LogP contribution in [-0.4, -0.2) is 21.2 Å². The lowest BCUT2D eigenvalue weighted by atomic mass is 10.2. The number of ether oxygens (including phenoxy) is 1. The zero-order chi connectivity index (χ0) is 15.9. The average Bonchev–Trinajstić information content (AvgIpc) is 2.87. The van der Waals surface area contributed by atoms with Gasteiger partial charge in [0.25, 0.3) is 0 Å². The summed E-state index contributed by atoms with van der Waals surface area (Å²) < 4.78 is 5.84. The van der Waals surface area contributed by atoms with E-state index in [-0.39, 0.29) is 11.1 Å². The van der Waals surface area contributed by atoms with E-state index in [1.165, 1.54) is 11.8 Å². The highest BCUT2D eigenvalue weighted by Crippen LogP contribution is 2.31. The number of nitrogens with zero attached hydrogens (tertiary/aromatic N) is 1. The molecular weight excluding hydrogens is 318 g/mol. The Bertz CT molecular complexity index is 648. The summed E-state index contributed by atoms with van der Waals surface area (Å²) in [5, 5.41) is -0.0620. The molecular formula is C16H15NO3S2. The maximum absolute atomic E-state index is 11.9. The molecule has 0 saturated heterocycles. The highest BCUT2D eigenvalue weighted by atomic mass is 32.2. The molecule has 0 bridgehead atoms. The van der Waals surface area contributed by atoms with Crippen LogP contribution in [0.15, 0.2) is 47.6 Å². The highest BCUT2D eigenvalue weighted by molar-refractivity contribution is 8.45. The Labute approximate surface area is 137 Å². The SMILES string of the molecule is C=CCSC1=N/C(=C\c2ccc(OC(=O)CC)cc2)C(=O)S1. The number of thioether (sulfide) groups is 2. The second-order valence-corrected chi connectivity index (χ2v) is 6.52. The molecule has 0 atom stereocenters. The summed E-state index contributed by atoms with van der Waals surface area (Å²) in [5.74, 6) is 0.943. The Morgan fingerprint density at radius 1 is 1.41 bits per heavy atom. The van der Waals surface area contributed by atoms with Crippen molar-refractivity contribution >= 4 is 45.1 Å². The summed E-state index contributed by atoms with van der Waals surface area (Å²) in [6, 6.07) is 6.97. The number of esters is 1. The molecule has 0 radical (unpaired) electrons. The van der Waals surface area contributed by atoms with E-state index in [9.17, 15) is 9.59 Å². The molecule has 0 amide bonds. The maximum atomic E-state index is 11.9. The third-order valence-electron chi connectivity index (χ3n) is 2.63. The van der Waals surface area contributed by atoms with Gasteiger partial charge in [0.05, 0.1) is 0 Å². The van der Waals surface area contributed by atoms with E-state index in [2.05, 4.69) is 11.6 Å². The van der Waals surface area contributed by atoms with Gasteiger partial charge in [-0.15, -0.1) is 6.58 Å². The van der Waals surface area contributed by atoms with E-state index in [0.29, 0.717) is 17.9 Å². The molecule has 1 aromatic rings. The summed E-state index contributed by atoms with van der Waals surface area (Å²) >= 11 is 2.63. The third kappa shape index (κ3) is 4.61. The number of benzene rings is 1. The molecule has 0 spiro atoms. The summed E-state index contributed by atoms with van der Waals surface area (Å²) in [5.41, 5.74) is 1.26. The second kappa shape index (κ2) is 8.00. The van der Waals surface area contributed by atoms with Gasteiger partial charge in [-0.1, -0.05) is 36.9 Å². The van der Waals surface area contributed by atoms with E-state index >= 15 is 0 Å². The van der Waals surface area contributed by atoms with Crippen LogP contribution in [0.5, 0.6) is 5.75 Å². The predicted molar refractivity (Wildman–Crippen MR) is 93.0 cm³/mol. The van der Waals surface area contributed by atoms with Gasteiger partial charge in [-0.05, 0) is 35.5 Å². The minimum Gasteiger partial charge on any atom is -0.427 e. The molecule has 1 aliphatic heterocycles. The molecule has 6 heteroatoms. The topological polar surface area (TPSA) is 55.7 Å². The molecule has 0 saturated carbocycles.